The van der Waals surface area contributed by atoms with E-state index in [4.69, 9.17) is 0 Å². The summed E-state index contributed by atoms with van der Waals surface area (Å²) in [5.41, 5.74) is 0.916. The van der Waals surface area contributed by atoms with E-state index in [1.807, 2.05) is 61.5 Å². The first kappa shape index (κ1) is 37.4. The highest BCUT2D eigenvalue weighted by Crippen LogP contribution is 2.26. The van der Waals surface area contributed by atoms with E-state index in [2.05, 4.69) is 10.6 Å². The molecule has 14 heteroatoms. The topological polar surface area (TPSA) is 157 Å². The van der Waals surface area contributed by atoms with Crippen LogP contribution < -0.4 is 10.6 Å². The number of rotatable bonds is 7. The fourth-order valence-electron chi connectivity index (χ4n) is 6.75. The fourth-order valence-corrected chi connectivity index (χ4v) is 8.36. The number of nitrogens with zero attached hydrogens (tertiary/aromatic N) is 4. The first-order valence-corrected chi connectivity index (χ1v) is 18.7. The van der Waals surface area contributed by atoms with Crippen molar-refractivity contribution in [2.24, 2.45) is 0 Å². The van der Waals surface area contributed by atoms with Crippen LogP contribution in [0.5, 0.6) is 0 Å². The van der Waals surface area contributed by atoms with Gasteiger partial charge in [-0.15, -0.1) is 0 Å². The van der Waals surface area contributed by atoms with E-state index in [-0.39, 0.29) is 55.1 Å². The van der Waals surface area contributed by atoms with Crippen molar-refractivity contribution in [3.8, 4) is 0 Å². The summed E-state index contributed by atoms with van der Waals surface area (Å²) < 4.78 is 27.7. The molecule has 51 heavy (non-hydrogen) atoms. The van der Waals surface area contributed by atoms with Gasteiger partial charge in [-0.25, -0.2) is 8.42 Å². The van der Waals surface area contributed by atoms with Crippen molar-refractivity contribution in [3.05, 3.63) is 77.9 Å². The van der Waals surface area contributed by atoms with Crippen LogP contribution in [-0.4, -0.2) is 136 Å². The largest absolute Gasteiger partial charge is 0.353 e. The molecule has 5 amide bonds. The molecule has 13 nitrogen and oxygen atoms in total. The van der Waals surface area contributed by atoms with Crippen LogP contribution in [0.2, 0.25) is 0 Å². The van der Waals surface area contributed by atoms with Gasteiger partial charge in [0, 0.05) is 57.8 Å². The number of likely N-dealkylation sites (N-methyl/N-ethyl adjacent to an activating group) is 3. The van der Waals surface area contributed by atoms with Crippen molar-refractivity contribution in [2.45, 2.75) is 48.7 Å². The number of nitrogens with one attached hydrogen (secondary N) is 2. The highest BCUT2D eigenvalue weighted by atomic mass is 32.2. The molecule has 3 aromatic rings. The molecular weight excluding hydrogens is 673 g/mol. The third-order valence-corrected chi connectivity index (χ3v) is 11.4. The van der Waals surface area contributed by atoms with E-state index in [9.17, 15) is 32.4 Å². The fraction of sp³-hybridized carbons (Fsp3) is 0.432. The lowest BCUT2D eigenvalue weighted by atomic mass is 10.0. The van der Waals surface area contributed by atoms with Crippen molar-refractivity contribution >= 4 is 50.1 Å². The molecule has 2 bridgehead atoms. The summed E-state index contributed by atoms with van der Waals surface area (Å²) in [6, 6.07) is 16.8. The van der Waals surface area contributed by atoms with Gasteiger partial charge in [0.05, 0.1) is 23.6 Å². The smallest absolute Gasteiger partial charge is 0.254 e. The number of fused-ring (bicyclic) bond motifs is 4. The molecule has 1 fully saturated rings. The number of hydrogen-bond acceptors (Lipinski definition) is 8. The third kappa shape index (κ3) is 9.11. The average molecular weight is 719 g/mol. The van der Waals surface area contributed by atoms with Gasteiger partial charge in [0.15, 0.2) is 9.84 Å². The summed E-state index contributed by atoms with van der Waals surface area (Å²) in [6.07, 6.45) is 0.173. The molecule has 5 rings (SSSR count). The van der Waals surface area contributed by atoms with Crippen molar-refractivity contribution in [1.82, 2.24) is 30.2 Å². The molecule has 0 saturated carbocycles. The first-order chi connectivity index (χ1) is 24.2. The highest BCUT2D eigenvalue weighted by Gasteiger charge is 2.40. The number of amides is 5. The number of carbonyl (C=O) groups excluding carboxylic acids is 5. The van der Waals surface area contributed by atoms with E-state index < -0.39 is 57.3 Å². The molecule has 0 aliphatic carbocycles. The molecule has 3 aromatic carbocycles. The summed E-state index contributed by atoms with van der Waals surface area (Å²) in [6.45, 7) is 0.630. The van der Waals surface area contributed by atoms with Gasteiger partial charge >= 0.3 is 0 Å². The molecule has 0 spiro atoms. The normalized spacial score (nSPS) is 21.5. The SMILES string of the molecule is CN(C)CCNC(=O)[C@@H]1CCC(=O)N(C)CC(=O)N2C[C@H](NC(=O)Cc3cccc4ccccc34)C[C@H]2CS(=O)(=O)c2cccc(c2)C(=O)N1C. The Morgan fingerprint density at radius 2 is 1.67 bits per heavy atom. The molecule has 2 N–H and O–H groups in total. The van der Waals surface area contributed by atoms with Crippen LogP contribution in [0.3, 0.4) is 0 Å². The van der Waals surface area contributed by atoms with Gasteiger partial charge < -0.3 is 30.2 Å². The van der Waals surface area contributed by atoms with Crippen molar-refractivity contribution in [2.75, 3.05) is 60.1 Å². The Labute approximate surface area is 298 Å². The Kier molecular flexibility index (Phi) is 11.8. The lowest BCUT2D eigenvalue weighted by Gasteiger charge is -2.30. The zero-order valence-electron chi connectivity index (χ0n) is 29.5. The number of benzene rings is 3. The number of carbonyl (C=O) groups is 5. The maximum atomic E-state index is 13.9. The van der Waals surface area contributed by atoms with E-state index in [0.29, 0.717) is 13.1 Å². The third-order valence-electron chi connectivity index (χ3n) is 9.56. The van der Waals surface area contributed by atoms with E-state index in [1.54, 1.807) is 0 Å². The van der Waals surface area contributed by atoms with Crippen molar-refractivity contribution in [3.63, 3.8) is 0 Å². The molecule has 2 heterocycles. The van der Waals surface area contributed by atoms with Crippen LogP contribution in [-0.2, 0) is 35.4 Å². The van der Waals surface area contributed by atoms with Crippen molar-refractivity contribution in [1.29, 1.82) is 0 Å². The van der Waals surface area contributed by atoms with Crippen molar-refractivity contribution < 1.29 is 32.4 Å². The summed E-state index contributed by atoms with van der Waals surface area (Å²) in [5.74, 6) is -2.59. The van der Waals surface area contributed by atoms with Crippen LogP contribution in [0.1, 0.15) is 35.2 Å². The van der Waals surface area contributed by atoms with Crippen LogP contribution in [0.4, 0.5) is 0 Å². The molecule has 0 radical (unpaired) electrons. The Bertz CT molecular complexity index is 1910. The second-order valence-electron chi connectivity index (χ2n) is 13.6. The van der Waals surface area contributed by atoms with E-state index in [0.717, 1.165) is 16.3 Å². The minimum Gasteiger partial charge on any atom is -0.353 e. The average Bonchev–Trinajstić information content (AvgIpc) is 3.48. The first-order valence-electron chi connectivity index (χ1n) is 17.1. The lowest BCUT2D eigenvalue weighted by Crippen LogP contribution is -2.50. The zero-order valence-corrected chi connectivity index (χ0v) is 30.3. The second kappa shape index (κ2) is 16.0. The molecule has 0 unspecified atom stereocenters. The maximum absolute atomic E-state index is 13.9. The quantitative estimate of drug-likeness (QED) is 0.371. The molecule has 1 saturated heterocycles. The standard InChI is InChI=1S/C37H46N6O7S/c1-40(2)18-17-38-36(47)32-15-16-34(45)41(3)23-35(46)43-22-28(39-33(44)20-26-11-7-10-25-9-5-6-14-31(25)26)21-29(43)24-51(49,50)30-13-8-12-27(19-30)37(48)42(32)4/h5-14,19,28-29,32H,15-18,20-24H2,1-4H3,(H,38,47)(H,39,44)/t28-,29+,32+/m1/s1. The summed E-state index contributed by atoms with van der Waals surface area (Å²) in [5, 5.41) is 7.79. The van der Waals surface area contributed by atoms with E-state index >= 15 is 0 Å². The minimum atomic E-state index is -4.05. The second-order valence-corrected chi connectivity index (χ2v) is 15.7. The summed E-state index contributed by atoms with van der Waals surface area (Å²) >= 11 is 0. The van der Waals surface area contributed by atoms with Gasteiger partial charge in [-0.1, -0.05) is 48.5 Å². The molecule has 0 aromatic heterocycles. The van der Waals surface area contributed by atoms with Gasteiger partial charge in [0.2, 0.25) is 23.6 Å². The summed E-state index contributed by atoms with van der Waals surface area (Å²) in [7, 11) is 2.60. The Balaban J connectivity index is 1.39. The molecule has 272 valence electrons. The predicted octanol–water partition coefficient (Wildman–Crippen LogP) is 1.31. The molecule has 2 aliphatic rings. The Hall–Kier alpha value is -4.82. The number of hydrogen-bond donors (Lipinski definition) is 2. The lowest BCUT2D eigenvalue weighted by molar-refractivity contribution is -0.140. The predicted molar refractivity (Wildman–Crippen MR) is 193 cm³/mol. The highest BCUT2D eigenvalue weighted by molar-refractivity contribution is 7.91. The van der Waals surface area contributed by atoms with Gasteiger partial charge in [0.1, 0.15) is 6.04 Å². The summed E-state index contributed by atoms with van der Waals surface area (Å²) in [4.78, 5) is 73.0. The minimum absolute atomic E-state index is 0.0114. The van der Waals surface area contributed by atoms with Gasteiger partial charge in [-0.2, -0.15) is 0 Å². The zero-order chi connectivity index (χ0) is 36.9. The number of sulfone groups is 1. The molecular formula is C37H46N6O7S. The van der Waals surface area contributed by atoms with Crippen LogP contribution in [0.15, 0.2) is 71.6 Å². The maximum Gasteiger partial charge on any atom is 0.254 e. The van der Waals surface area contributed by atoms with E-state index in [1.165, 1.54) is 53.1 Å². The van der Waals surface area contributed by atoms with Gasteiger partial charge in [0.25, 0.3) is 5.91 Å². The van der Waals surface area contributed by atoms with Crippen LogP contribution >= 0.6 is 0 Å². The van der Waals surface area contributed by atoms with Crippen LogP contribution in [0.25, 0.3) is 10.8 Å². The monoisotopic (exact) mass is 718 g/mol. The van der Waals surface area contributed by atoms with Crippen LogP contribution in [0, 0.1) is 0 Å². The molecule has 2 aliphatic heterocycles. The molecule has 3 atom stereocenters. The van der Waals surface area contributed by atoms with Gasteiger partial charge in [-0.3, -0.25) is 24.0 Å². The Morgan fingerprint density at radius 3 is 2.43 bits per heavy atom. The Morgan fingerprint density at radius 1 is 0.941 bits per heavy atom. The van der Waals surface area contributed by atoms with Gasteiger partial charge in [-0.05, 0) is 61.5 Å².